The Morgan fingerprint density at radius 3 is 2.28 bits per heavy atom. The normalized spacial score (nSPS) is 11.5. The molecule has 0 heterocycles. The van der Waals surface area contributed by atoms with Crippen LogP contribution in [0.5, 0.6) is 0 Å². The molecule has 0 unspecified atom stereocenters. The molecule has 0 aliphatic carbocycles. The number of carbonyl (C=O) groups is 1. The van der Waals surface area contributed by atoms with Crippen LogP contribution in [0.4, 0.5) is 5.69 Å². The van der Waals surface area contributed by atoms with Crippen LogP contribution >= 0.6 is 0 Å². The zero-order valence-corrected chi connectivity index (χ0v) is 11.0. The molecule has 0 radical (unpaired) electrons. The van der Waals surface area contributed by atoms with E-state index >= 15 is 0 Å². The van der Waals surface area contributed by atoms with Gasteiger partial charge in [0.05, 0.1) is 4.90 Å². The Morgan fingerprint density at radius 2 is 1.83 bits per heavy atom. The van der Waals surface area contributed by atoms with Crippen molar-refractivity contribution in [2.45, 2.75) is 24.8 Å². The second-order valence-corrected chi connectivity index (χ2v) is 5.76. The lowest BCUT2D eigenvalue weighted by Crippen LogP contribution is -2.30. The molecule has 3 N–H and O–H groups in total. The van der Waals surface area contributed by atoms with Gasteiger partial charge in [-0.15, -0.1) is 0 Å². The molecule has 0 atom stereocenters. The van der Waals surface area contributed by atoms with Gasteiger partial charge in [0.1, 0.15) is 6.54 Å². The van der Waals surface area contributed by atoms with E-state index < -0.39 is 16.0 Å². The largest absolute Gasteiger partial charge is 0.480 e. The number of hydrogen-bond donors (Lipinski definition) is 3. The van der Waals surface area contributed by atoms with Crippen molar-refractivity contribution in [3.05, 3.63) is 24.3 Å². The number of anilines is 1. The smallest absolute Gasteiger partial charge is 0.322 e. The lowest BCUT2D eigenvalue weighted by atomic mass is 10.3. The topological polar surface area (TPSA) is 95.5 Å². The first-order chi connectivity index (χ1) is 8.31. The Hall–Kier alpha value is -1.60. The second kappa shape index (κ2) is 5.83. The summed E-state index contributed by atoms with van der Waals surface area (Å²) < 4.78 is 26.1. The number of aliphatic carboxylic acids is 1. The highest BCUT2D eigenvalue weighted by Gasteiger charge is 2.14. The minimum Gasteiger partial charge on any atom is -0.480 e. The summed E-state index contributed by atoms with van der Waals surface area (Å²) in [6, 6.07) is 5.72. The van der Waals surface area contributed by atoms with Gasteiger partial charge in [0.2, 0.25) is 10.0 Å². The number of hydrogen-bond acceptors (Lipinski definition) is 4. The average Bonchev–Trinajstić information content (AvgIpc) is 2.25. The highest BCUT2D eigenvalue weighted by molar-refractivity contribution is 7.89. The Balaban J connectivity index is 2.79. The molecule has 100 valence electrons. The van der Waals surface area contributed by atoms with Crippen LogP contribution in [0.25, 0.3) is 0 Å². The molecule has 0 saturated carbocycles. The van der Waals surface area contributed by atoms with Crippen molar-refractivity contribution in [3.63, 3.8) is 0 Å². The number of sulfonamides is 1. The number of rotatable bonds is 6. The maximum atomic E-state index is 11.8. The van der Waals surface area contributed by atoms with E-state index in [0.29, 0.717) is 5.69 Å². The first-order valence-electron chi connectivity index (χ1n) is 5.39. The van der Waals surface area contributed by atoms with Crippen molar-refractivity contribution in [1.82, 2.24) is 4.72 Å². The standard InChI is InChI=1S/C11H16N2O4S/c1-8(2)13-18(16,17)10-5-3-9(4-6-10)12-7-11(14)15/h3-6,8,12-13H,7H2,1-2H3,(H,14,15). The minimum atomic E-state index is -3.50. The summed E-state index contributed by atoms with van der Waals surface area (Å²) in [5, 5.41) is 11.1. The Morgan fingerprint density at radius 1 is 1.28 bits per heavy atom. The minimum absolute atomic E-state index is 0.150. The maximum Gasteiger partial charge on any atom is 0.322 e. The summed E-state index contributed by atoms with van der Waals surface area (Å²) in [5.41, 5.74) is 0.556. The van der Waals surface area contributed by atoms with Crippen LogP contribution in [0.2, 0.25) is 0 Å². The van der Waals surface area contributed by atoms with E-state index in [1.807, 2.05) is 0 Å². The van der Waals surface area contributed by atoms with E-state index in [-0.39, 0.29) is 17.5 Å². The zero-order valence-electron chi connectivity index (χ0n) is 10.2. The lowest BCUT2D eigenvalue weighted by Gasteiger charge is -2.10. The van der Waals surface area contributed by atoms with Gasteiger partial charge in [-0.25, -0.2) is 13.1 Å². The first kappa shape index (κ1) is 14.5. The first-order valence-corrected chi connectivity index (χ1v) is 6.87. The third-order valence-corrected chi connectivity index (χ3v) is 3.67. The van der Waals surface area contributed by atoms with Gasteiger partial charge in [-0.3, -0.25) is 4.79 Å². The molecule has 18 heavy (non-hydrogen) atoms. The van der Waals surface area contributed by atoms with E-state index in [1.54, 1.807) is 13.8 Å². The van der Waals surface area contributed by atoms with Crippen molar-refractivity contribution < 1.29 is 18.3 Å². The Labute approximate surface area is 106 Å². The van der Waals surface area contributed by atoms with Crippen molar-refractivity contribution >= 4 is 21.7 Å². The molecule has 1 aromatic rings. The molecule has 6 nitrogen and oxygen atoms in total. The molecule has 0 amide bonds. The molecule has 0 bridgehead atoms. The van der Waals surface area contributed by atoms with Gasteiger partial charge in [-0.05, 0) is 38.1 Å². The number of carboxylic acids is 1. The summed E-state index contributed by atoms with van der Waals surface area (Å²) in [6.07, 6.45) is 0. The summed E-state index contributed by atoms with van der Waals surface area (Å²) in [5.74, 6) is -0.979. The van der Waals surface area contributed by atoms with Gasteiger partial charge >= 0.3 is 5.97 Å². The third-order valence-electron chi connectivity index (χ3n) is 2.00. The van der Waals surface area contributed by atoms with Crippen LogP contribution in [0.1, 0.15) is 13.8 Å². The molecule has 0 aliphatic heterocycles. The molecule has 1 aromatic carbocycles. The quantitative estimate of drug-likeness (QED) is 0.714. The van der Waals surface area contributed by atoms with E-state index in [1.165, 1.54) is 24.3 Å². The fraction of sp³-hybridized carbons (Fsp3) is 0.364. The molecular weight excluding hydrogens is 256 g/mol. The van der Waals surface area contributed by atoms with E-state index in [4.69, 9.17) is 5.11 Å². The molecule has 0 fully saturated rings. The van der Waals surface area contributed by atoms with Crippen molar-refractivity contribution in [2.75, 3.05) is 11.9 Å². The molecular formula is C11H16N2O4S. The number of benzene rings is 1. The molecule has 1 rings (SSSR count). The van der Waals surface area contributed by atoms with Crippen molar-refractivity contribution in [1.29, 1.82) is 0 Å². The van der Waals surface area contributed by atoms with Gasteiger partial charge in [0.25, 0.3) is 0 Å². The molecule has 0 saturated heterocycles. The van der Waals surface area contributed by atoms with Crippen molar-refractivity contribution in [2.24, 2.45) is 0 Å². The Kier molecular flexibility index (Phi) is 4.69. The van der Waals surface area contributed by atoms with E-state index in [0.717, 1.165) is 0 Å². The summed E-state index contributed by atoms with van der Waals surface area (Å²) in [6.45, 7) is 3.26. The summed E-state index contributed by atoms with van der Waals surface area (Å²) in [4.78, 5) is 10.5. The van der Waals surface area contributed by atoms with Crippen LogP contribution in [-0.2, 0) is 14.8 Å². The Bertz CT molecular complexity index is 508. The van der Waals surface area contributed by atoms with Gasteiger partial charge in [0.15, 0.2) is 0 Å². The summed E-state index contributed by atoms with van der Waals surface area (Å²) in [7, 11) is -3.50. The SMILES string of the molecule is CC(C)NS(=O)(=O)c1ccc(NCC(=O)O)cc1. The van der Waals surface area contributed by atoms with E-state index in [2.05, 4.69) is 10.0 Å². The maximum absolute atomic E-state index is 11.8. The van der Waals surface area contributed by atoms with Gasteiger partial charge < -0.3 is 10.4 Å². The fourth-order valence-electron chi connectivity index (χ4n) is 1.31. The molecule has 0 spiro atoms. The predicted octanol–water partition coefficient (Wildman–Crippen LogP) is 0.870. The van der Waals surface area contributed by atoms with Crippen LogP contribution in [0.15, 0.2) is 29.2 Å². The number of nitrogens with one attached hydrogen (secondary N) is 2. The van der Waals surface area contributed by atoms with Crippen molar-refractivity contribution in [3.8, 4) is 0 Å². The van der Waals surface area contributed by atoms with Gasteiger partial charge in [-0.2, -0.15) is 0 Å². The average molecular weight is 272 g/mol. The molecule has 7 heteroatoms. The lowest BCUT2D eigenvalue weighted by molar-refractivity contribution is -0.134. The second-order valence-electron chi connectivity index (χ2n) is 4.05. The van der Waals surface area contributed by atoms with Crippen LogP contribution in [0.3, 0.4) is 0 Å². The fourth-order valence-corrected chi connectivity index (χ4v) is 2.56. The van der Waals surface area contributed by atoms with Crippen LogP contribution in [0, 0.1) is 0 Å². The van der Waals surface area contributed by atoms with Gasteiger partial charge in [0, 0.05) is 11.7 Å². The third kappa shape index (κ3) is 4.34. The number of carboxylic acid groups (broad SMARTS) is 1. The summed E-state index contributed by atoms with van der Waals surface area (Å²) >= 11 is 0. The van der Waals surface area contributed by atoms with Gasteiger partial charge in [-0.1, -0.05) is 0 Å². The molecule has 0 aliphatic rings. The predicted molar refractivity (Wildman–Crippen MR) is 68.0 cm³/mol. The zero-order chi connectivity index (χ0) is 13.8. The van der Waals surface area contributed by atoms with Crippen LogP contribution < -0.4 is 10.0 Å². The highest BCUT2D eigenvalue weighted by Crippen LogP contribution is 2.14. The molecule has 0 aromatic heterocycles. The monoisotopic (exact) mass is 272 g/mol. The van der Waals surface area contributed by atoms with E-state index in [9.17, 15) is 13.2 Å². The van der Waals surface area contributed by atoms with Crippen LogP contribution in [-0.4, -0.2) is 32.1 Å². The highest BCUT2D eigenvalue weighted by atomic mass is 32.2.